The molecule has 2 aromatic carbocycles. The Balaban J connectivity index is 1.74. The van der Waals surface area contributed by atoms with Crippen LogP contribution in [-0.2, 0) is 11.3 Å². The number of rotatable bonds is 7. The Morgan fingerprint density at radius 1 is 1.00 bits per heavy atom. The molecule has 3 nitrogen and oxygen atoms in total. The van der Waals surface area contributed by atoms with E-state index in [9.17, 15) is 0 Å². The molecule has 1 atom stereocenters. The lowest BCUT2D eigenvalue weighted by Gasteiger charge is -2.11. The average molecular weight is 271 g/mol. The van der Waals surface area contributed by atoms with E-state index in [0.717, 1.165) is 23.3 Å². The summed E-state index contributed by atoms with van der Waals surface area (Å²) in [7, 11) is 0. The Hall–Kier alpha value is -1.84. The minimum absolute atomic E-state index is 0.0957. The van der Waals surface area contributed by atoms with E-state index < -0.39 is 0 Å². The number of nitrogens with two attached hydrogens (primary N) is 1. The highest BCUT2D eigenvalue weighted by molar-refractivity contribution is 5.28. The normalized spacial score (nSPS) is 12.1. The second-order valence-corrected chi connectivity index (χ2v) is 4.68. The van der Waals surface area contributed by atoms with Crippen molar-refractivity contribution in [3.8, 4) is 5.75 Å². The first kappa shape index (κ1) is 14.6. The molecule has 0 heterocycles. The first-order chi connectivity index (χ1) is 9.79. The first-order valence-electron chi connectivity index (χ1n) is 6.89. The third kappa shape index (κ3) is 4.37. The van der Waals surface area contributed by atoms with Crippen molar-refractivity contribution < 1.29 is 9.47 Å². The van der Waals surface area contributed by atoms with Crippen molar-refractivity contribution in [3.63, 3.8) is 0 Å². The quantitative estimate of drug-likeness (QED) is 0.617. The van der Waals surface area contributed by atoms with E-state index in [1.54, 1.807) is 0 Å². The zero-order chi connectivity index (χ0) is 14.2. The maximum atomic E-state index is 5.96. The maximum absolute atomic E-state index is 5.96. The van der Waals surface area contributed by atoms with Gasteiger partial charge in [-0.3, -0.25) is 0 Å². The van der Waals surface area contributed by atoms with E-state index in [0.29, 0.717) is 6.61 Å². The summed E-state index contributed by atoms with van der Waals surface area (Å²) >= 11 is 0. The molecule has 0 spiro atoms. The van der Waals surface area contributed by atoms with Gasteiger partial charge in [-0.1, -0.05) is 49.4 Å². The molecule has 0 saturated heterocycles. The van der Waals surface area contributed by atoms with Crippen LogP contribution >= 0.6 is 0 Å². The minimum atomic E-state index is 0.0957. The highest BCUT2D eigenvalue weighted by Gasteiger charge is 2.02. The summed E-state index contributed by atoms with van der Waals surface area (Å²) in [6.07, 6.45) is 0.931. The fourth-order valence-electron chi connectivity index (χ4n) is 1.89. The van der Waals surface area contributed by atoms with Crippen LogP contribution in [0.25, 0.3) is 0 Å². The zero-order valence-electron chi connectivity index (χ0n) is 11.8. The molecule has 0 bridgehead atoms. The SMILES string of the molecule is CC[C@@H](N)c1ccc(OCOCc2ccccc2)cc1. The Bertz CT molecular complexity index is 496. The second kappa shape index (κ2) is 7.68. The molecule has 20 heavy (non-hydrogen) atoms. The fourth-order valence-corrected chi connectivity index (χ4v) is 1.89. The predicted molar refractivity (Wildman–Crippen MR) is 80.4 cm³/mol. The Morgan fingerprint density at radius 3 is 2.35 bits per heavy atom. The van der Waals surface area contributed by atoms with Crippen LogP contribution < -0.4 is 10.5 Å². The van der Waals surface area contributed by atoms with Gasteiger partial charge in [0.1, 0.15) is 5.75 Å². The van der Waals surface area contributed by atoms with Crippen LogP contribution in [0, 0.1) is 0 Å². The molecule has 106 valence electrons. The van der Waals surface area contributed by atoms with Crippen LogP contribution in [0.1, 0.15) is 30.5 Å². The van der Waals surface area contributed by atoms with Crippen LogP contribution in [0.3, 0.4) is 0 Å². The van der Waals surface area contributed by atoms with Gasteiger partial charge in [0, 0.05) is 6.04 Å². The summed E-state index contributed by atoms with van der Waals surface area (Å²) in [4.78, 5) is 0. The Morgan fingerprint density at radius 2 is 1.70 bits per heavy atom. The number of ether oxygens (including phenoxy) is 2. The smallest absolute Gasteiger partial charge is 0.189 e. The van der Waals surface area contributed by atoms with E-state index in [4.69, 9.17) is 15.2 Å². The Labute approximate surface area is 120 Å². The molecule has 0 unspecified atom stereocenters. The van der Waals surface area contributed by atoms with Gasteiger partial charge < -0.3 is 15.2 Å². The lowest BCUT2D eigenvalue weighted by Crippen LogP contribution is -2.08. The zero-order valence-corrected chi connectivity index (χ0v) is 11.8. The van der Waals surface area contributed by atoms with Crippen LogP contribution in [0.15, 0.2) is 54.6 Å². The number of benzene rings is 2. The predicted octanol–water partition coefficient (Wildman–Crippen LogP) is 3.65. The average Bonchev–Trinajstić information content (AvgIpc) is 2.52. The van der Waals surface area contributed by atoms with Crippen molar-refractivity contribution in [1.29, 1.82) is 0 Å². The fraction of sp³-hybridized carbons (Fsp3) is 0.294. The third-order valence-corrected chi connectivity index (χ3v) is 3.17. The van der Waals surface area contributed by atoms with Crippen molar-refractivity contribution >= 4 is 0 Å². The van der Waals surface area contributed by atoms with Gasteiger partial charge in [-0.25, -0.2) is 0 Å². The van der Waals surface area contributed by atoms with Crippen molar-refractivity contribution in [2.75, 3.05) is 6.79 Å². The minimum Gasteiger partial charge on any atom is -0.468 e. The van der Waals surface area contributed by atoms with Crippen LogP contribution in [0.4, 0.5) is 0 Å². The van der Waals surface area contributed by atoms with Gasteiger partial charge >= 0.3 is 0 Å². The van der Waals surface area contributed by atoms with Gasteiger partial charge in [0.15, 0.2) is 6.79 Å². The molecule has 2 aromatic rings. The van der Waals surface area contributed by atoms with Crippen LogP contribution in [0.2, 0.25) is 0 Å². The molecule has 0 aromatic heterocycles. The van der Waals surface area contributed by atoms with Gasteiger partial charge in [0.2, 0.25) is 0 Å². The van der Waals surface area contributed by atoms with Crippen LogP contribution in [0.5, 0.6) is 5.75 Å². The summed E-state index contributed by atoms with van der Waals surface area (Å²) in [5.41, 5.74) is 8.23. The van der Waals surface area contributed by atoms with E-state index in [1.807, 2.05) is 54.6 Å². The standard InChI is InChI=1S/C17H21NO2/c1-2-17(18)15-8-10-16(11-9-15)20-13-19-12-14-6-4-3-5-7-14/h3-11,17H,2,12-13,18H2,1H3/t17-/m1/s1. The van der Waals surface area contributed by atoms with E-state index in [-0.39, 0.29) is 12.8 Å². The molecule has 0 fully saturated rings. The molecule has 0 aliphatic rings. The van der Waals surface area contributed by atoms with E-state index >= 15 is 0 Å². The first-order valence-corrected chi connectivity index (χ1v) is 6.89. The van der Waals surface area contributed by atoms with Gasteiger partial charge in [-0.15, -0.1) is 0 Å². The summed E-state index contributed by atoms with van der Waals surface area (Å²) in [6, 6.07) is 18.0. The van der Waals surface area contributed by atoms with E-state index in [2.05, 4.69) is 6.92 Å². The van der Waals surface area contributed by atoms with Crippen LogP contribution in [-0.4, -0.2) is 6.79 Å². The van der Waals surface area contributed by atoms with Crippen molar-refractivity contribution in [1.82, 2.24) is 0 Å². The number of hydrogen-bond acceptors (Lipinski definition) is 3. The molecular formula is C17H21NO2. The molecule has 2 N–H and O–H groups in total. The summed E-state index contributed by atoms with van der Waals surface area (Å²) in [5.74, 6) is 0.796. The monoisotopic (exact) mass is 271 g/mol. The lowest BCUT2D eigenvalue weighted by molar-refractivity contribution is 0.00504. The van der Waals surface area contributed by atoms with Gasteiger partial charge in [0.25, 0.3) is 0 Å². The molecule has 0 radical (unpaired) electrons. The topological polar surface area (TPSA) is 44.5 Å². The largest absolute Gasteiger partial charge is 0.468 e. The molecule has 2 rings (SSSR count). The Kier molecular flexibility index (Phi) is 5.59. The summed E-state index contributed by atoms with van der Waals surface area (Å²) in [6.45, 7) is 2.88. The summed E-state index contributed by atoms with van der Waals surface area (Å²) < 4.78 is 11.0. The third-order valence-electron chi connectivity index (χ3n) is 3.17. The van der Waals surface area contributed by atoms with Crippen molar-refractivity contribution in [3.05, 3.63) is 65.7 Å². The van der Waals surface area contributed by atoms with Gasteiger partial charge in [-0.05, 0) is 29.7 Å². The molecule has 0 aliphatic carbocycles. The van der Waals surface area contributed by atoms with E-state index in [1.165, 1.54) is 0 Å². The maximum Gasteiger partial charge on any atom is 0.189 e. The molecule has 0 saturated carbocycles. The van der Waals surface area contributed by atoms with Crippen molar-refractivity contribution in [2.24, 2.45) is 5.73 Å². The lowest BCUT2D eigenvalue weighted by atomic mass is 10.1. The molecule has 0 amide bonds. The molecule has 3 heteroatoms. The van der Waals surface area contributed by atoms with Gasteiger partial charge in [-0.2, -0.15) is 0 Å². The highest BCUT2D eigenvalue weighted by Crippen LogP contribution is 2.18. The highest BCUT2D eigenvalue weighted by atomic mass is 16.7. The molecular weight excluding hydrogens is 250 g/mol. The molecule has 0 aliphatic heterocycles. The van der Waals surface area contributed by atoms with Crippen molar-refractivity contribution in [2.45, 2.75) is 26.0 Å². The number of hydrogen-bond donors (Lipinski definition) is 1. The van der Waals surface area contributed by atoms with Gasteiger partial charge in [0.05, 0.1) is 6.61 Å². The summed E-state index contributed by atoms with van der Waals surface area (Å²) in [5, 5.41) is 0. The second-order valence-electron chi connectivity index (χ2n) is 4.68.